The Morgan fingerprint density at radius 2 is 1.84 bits per heavy atom. The van der Waals surface area contributed by atoms with E-state index in [-0.39, 0.29) is 11.5 Å². The van der Waals surface area contributed by atoms with E-state index in [9.17, 15) is 13.6 Å². The lowest BCUT2D eigenvalue weighted by Crippen LogP contribution is -2.28. The van der Waals surface area contributed by atoms with E-state index in [1.165, 1.54) is 6.07 Å². The number of nitrogens with zero attached hydrogens (tertiary/aromatic N) is 2. The van der Waals surface area contributed by atoms with Crippen molar-refractivity contribution in [3.8, 4) is 11.4 Å². The number of aromatic nitrogens is 2. The molecule has 5 nitrogen and oxygen atoms in total. The minimum absolute atomic E-state index is 0.0307. The van der Waals surface area contributed by atoms with Crippen molar-refractivity contribution in [2.24, 2.45) is 0 Å². The number of ketones is 1. The summed E-state index contributed by atoms with van der Waals surface area (Å²) in [5, 5.41) is 8.19. The topological polar surface area (TPSA) is 56.2 Å². The Morgan fingerprint density at radius 3 is 2.61 bits per heavy atom. The van der Waals surface area contributed by atoms with Crippen LogP contribution in [0.2, 0.25) is 0 Å². The molecule has 2 heterocycles. The van der Waals surface area contributed by atoms with E-state index < -0.39 is 12.5 Å². The third kappa shape index (κ3) is 3.30. The van der Waals surface area contributed by atoms with Gasteiger partial charge in [0.25, 0.3) is 0 Å². The quantitative estimate of drug-likeness (QED) is 0.617. The molecule has 31 heavy (non-hydrogen) atoms. The van der Waals surface area contributed by atoms with Crippen LogP contribution >= 0.6 is 0 Å². The van der Waals surface area contributed by atoms with Gasteiger partial charge in [0.1, 0.15) is 11.6 Å². The summed E-state index contributed by atoms with van der Waals surface area (Å²) >= 11 is 0. The zero-order chi connectivity index (χ0) is 21.5. The number of nitrogens with one attached hydrogen (secondary N) is 1. The maximum absolute atomic E-state index is 13.1. The molecular weight excluding hydrogens is 400 g/mol. The molecule has 1 atom stereocenters. The van der Waals surface area contributed by atoms with Crippen LogP contribution in [0.25, 0.3) is 5.69 Å². The molecular formula is C24H21F2N3O2. The molecule has 0 amide bonds. The SMILES string of the molecule is Cc1nn(-c2ccccc2)c2c1[C@H](c1ccccc1OC(F)F)C1=C(CCCC1=O)N2. The molecule has 0 saturated carbocycles. The Bertz CT molecular complexity index is 1180. The summed E-state index contributed by atoms with van der Waals surface area (Å²) in [4.78, 5) is 13.0. The van der Waals surface area contributed by atoms with E-state index in [0.717, 1.165) is 34.9 Å². The molecule has 0 fully saturated rings. The minimum Gasteiger partial charge on any atom is -0.435 e. The van der Waals surface area contributed by atoms with E-state index in [2.05, 4.69) is 5.32 Å². The predicted molar refractivity (Wildman–Crippen MR) is 113 cm³/mol. The average Bonchev–Trinajstić information content (AvgIpc) is 3.09. The summed E-state index contributed by atoms with van der Waals surface area (Å²) in [7, 11) is 0. The molecule has 7 heteroatoms. The lowest BCUT2D eigenvalue weighted by molar-refractivity contribution is -0.116. The van der Waals surface area contributed by atoms with Crippen molar-refractivity contribution in [3.63, 3.8) is 0 Å². The molecule has 5 rings (SSSR count). The highest BCUT2D eigenvalue weighted by Gasteiger charge is 2.40. The van der Waals surface area contributed by atoms with Crippen molar-refractivity contribution < 1.29 is 18.3 Å². The van der Waals surface area contributed by atoms with Gasteiger partial charge in [0.15, 0.2) is 5.78 Å². The Morgan fingerprint density at radius 1 is 1.10 bits per heavy atom. The third-order valence-electron chi connectivity index (χ3n) is 5.86. The van der Waals surface area contributed by atoms with Gasteiger partial charge in [-0.25, -0.2) is 4.68 Å². The summed E-state index contributed by atoms with van der Waals surface area (Å²) in [5.41, 5.74) is 4.42. The van der Waals surface area contributed by atoms with E-state index in [0.29, 0.717) is 24.0 Å². The number of carbonyl (C=O) groups excluding carboxylic acids is 1. The standard InChI is InChI=1S/C24H21F2N3O2/c1-14-20-21(16-10-5-6-13-19(16)31-24(25)26)22-17(11-7-12-18(22)30)27-23(20)29(28-14)15-8-3-2-4-9-15/h2-6,8-10,13,21,24,27H,7,11-12H2,1H3/t21-/m0/s1. The summed E-state index contributed by atoms with van der Waals surface area (Å²) in [6.45, 7) is -1.08. The number of anilines is 1. The van der Waals surface area contributed by atoms with Crippen LogP contribution < -0.4 is 10.1 Å². The van der Waals surface area contributed by atoms with Crippen LogP contribution in [0.15, 0.2) is 65.9 Å². The molecule has 0 unspecified atom stereocenters. The first-order valence-electron chi connectivity index (χ1n) is 10.3. The fourth-order valence-electron chi connectivity index (χ4n) is 4.61. The summed E-state index contributed by atoms with van der Waals surface area (Å²) < 4.78 is 33.0. The predicted octanol–water partition coefficient (Wildman–Crippen LogP) is 5.35. The van der Waals surface area contributed by atoms with Crippen molar-refractivity contribution in [2.45, 2.75) is 38.7 Å². The number of halogens is 2. The smallest absolute Gasteiger partial charge is 0.387 e. The Balaban J connectivity index is 1.76. The van der Waals surface area contributed by atoms with Gasteiger partial charge in [0.2, 0.25) is 0 Å². The van der Waals surface area contributed by atoms with Crippen LogP contribution in [0.3, 0.4) is 0 Å². The maximum Gasteiger partial charge on any atom is 0.387 e. The number of hydrogen-bond donors (Lipinski definition) is 1. The second-order valence-corrected chi connectivity index (χ2v) is 7.74. The van der Waals surface area contributed by atoms with Gasteiger partial charge in [-0.3, -0.25) is 4.79 Å². The Labute approximate surface area is 178 Å². The molecule has 1 aromatic heterocycles. The molecule has 1 N–H and O–H groups in total. The summed E-state index contributed by atoms with van der Waals surface area (Å²) in [6, 6.07) is 16.4. The lowest BCUT2D eigenvalue weighted by Gasteiger charge is -2.33. The number of alkyl halides is 2. The van der Waals surface area contributed by atoms with E-state index in [4.69, 9.17) is 9.84 Å². The first-order valence-corrected chi connectivity index (χ1v) is 10.3. The number of aryl methyl sites for hydroxylation is 1. The normalized spacial score (nSPS) is 17.9. The van der Waals surface area contributed by atoms with Crippen LogP contribution in [-0.4, -0.2) is 22.2 Å². The molecule has 2 aromatic carbocycles. The number of benzene rings is 2. The van der Waals surface area contributed by atoms with Gasteiger partial charge in [-0.1, -0.05) is 36.4 Å². The zero-order valence-electron chi connectivity index (χ0n) is 16.9. The molecule has 158 valence electrons. The summed E-state index contributed by atoms with van der Waals surface area (Å²) in [5.74, 6) is 0.344. The molecule has 1 aliphatic carbocycles. The van der Waals surface area contributed by atoms with Crippen LogP contribution in [0.1, 0.15) is 42.0 Å². The van der Waals surface area contributed by atoms with Gasteiger partial charge in [0, 0.05) is 34.7 Å². The van der Waals surface area contributed by atoms with Crippen molar-refractivity contribution in [1.82, 2.24) is 9.78 Å². The first kappa shape index (κ1) is 19.5. The van der Waals surface area contributed by atoms with Gasteiger partial charge in [0.05, 0.1) is 11.4 Å². The molecule has 0 saturated heterocycles. The average molecular weight is 421 g/mol. The summed E-state index contributed by atoms with van der Waals surface area (Å²) in [6.07, 6.45) is 1.91. The lowest BCUT2D eigenvalue weighted by atomic mass is 9.76. The van der Waals surface area contributed by atoms with Crippen LogP contribution in [0.4, 0.5) is 14.6 Å². The number of rotatable bonds is 4. The van der Waals surface area contributed by atoms with Crippen molar-refractivity contribution in [2.75, 3.05) is 5.32 Å². The Hall–Kier alpha value is -3.48. The molecule has 3 aromatic rings. The van der Waals surface area contributed by atoms with Gasteiger partial charge >= 0.3 is 6.61 Å². The van der Waals surface area contributed by atoms with Gasteiger partial charge in [-0.05, 0) is 38.0 Å². The molecule has 0 bridgehead atoms. The highest BCUT2D eigenvalue weighted by Crippen LogP contribution is 2.49. The highest BCUT2D eigenvalue weighted by molar-refractivity contribution is 6.01. The molecule has 1 aliphatic heterocycles. The molecule has 0 spiro atoms. The fraction of sp³-hybridized carbons (Fsp3) is 0.250. The van der Waals surface area contributed by atoms with E-state index >= 15 is 0 Å². The van der Waals surface area contributed by atoms with Crippen LogP contribution in [-0.2, 0) is 4.79 Å². The fourth-order valence-corrected chi connectivity index (χ4v) is 4.61. The number of hydrogen-bond acceptors (Lipinski definition) is 4. The molecule has 2 aliphatic rings. The second-order valence-electron chi connectivity index (χ2n) is 7.74. The van der Waals surface area contributed by atoms with Gasteiger partial charge in [-0.15, -0.1) is 0 Å². The van der Waals surface area contributed by atoms with E-state index in [1.807, 2.05) is 41.9 Å². The third-order valence-corrected chi connectivity index (χ3v) is 5.86. The second kappa shape index (κ2) is 7.65. The van der Waals surface area contributed by atoms with Crippen molar-refractivity contribution in [1.29, 1.82) is 0 Å². The van der Waals surface area contributed by atoms with Gasteiger partial charge < -0.3 is 10.1 Å². The zero-order valence-corrected chi connectivity index (χ0v) is 16.9. The largest absolute Gasteiger partial charge is 0.435 e. The number of para-hydroxylation sites is 2. The van der Waals surface area contributed by atoms with E-state index in [1.54, 1.807) is 18.2 Å². The van der Waals surface area contributed by atoms with Crippen LogP contribution in [0.5, 0.6) is 5.75 Å². The highest BCUT2D eigenvalue weighted by atomic mass is 19.3. The maximum atomic E-state index is 13.1. The Kier molecular flexibility index (Phi) is 4.81. The first-order chi connectivity index (χ1) is 15.0. The molecule has 0 radical (unpaired) electrons. The number of Topliss-reactive ketones (excluding diaryl/α,β-unsaturated/α-hetero) is 1. The minimum atomic E-state index is -2.95. The van der Waals surface area contributed by atoms with Gasteiger partial charge in [-0.2, -0.15) is 13.9 Å². The number of allylic oxidation sites excluding steroid dienone is 2. The number of ether oxygens (including phenoxy) is 1. The monoisotopic (exact) mass is 421 g/mol. The number of carbonyl (C=O) groups is 1. The van der Waals surface area contributed by atoms with Crippen LogP contribution in [0, 0.1) is 6.92 Å². The van der Waals surface area contributed by atoms with Crippen molar-refractivity contribution >= 4 is 11.6 Å². The number of fused-ring (bicyclic) bond motifs is 1. The van der Waals surface area contributed by atoms with Crippen molar-refractivity contribution in [3.05, 3.63) is 82.7 Å².